The smallest absolute Gasteiger partial charge is 0.317 e. The molecule has 1 saturated heterocycles. The van der Waals surface area contributed by atoms with Gasteiger partial charge >= 0.3 is 5.97 Å². The fourth-order valence-corrected chi connectivity index (χ4v) is 1.99. The molecule has 1 aromatic rings. The Bertz CT molecular complexity index is 388. The SMILES string of the molecule is O=C(O)CN1CCN(c2ccc(Cl)cn2)CC1. The summed E-state index contributed by atoms with van der Waals surface area (Å²) in [6.07, 6.45) is 1.63. The van der Waals surface area contributed by atoms with E-state index in [4.69, 9.17) is 16.7 Å². The maximum atomic E-state index is 10.6. The van der Waals surface area contributed by atoms with Crippen molar-refractivity contribution in [3.05, 3.63) is 23.4 Å². The number of piperazine rings is 1. The van der Waals surface area contributed by atoms with Crippen LogP contribution in [0.15, 0.2) is 18.3 Å². The minimum absolute atomic E-state index is 0.113. The van der Waals surface area contributed by atoms with Gasteiger partial charge in [-0.15, -0.1) is 0 Å². The second-order valence-electron chi connectivity index (χ2n) is 3.99. The summed E-state index contributed by atoms with van der Waals surface area (Å²) in [6.45, 7) is 3.19. The van der Waals surface area contributed by atoms with E-state index in [0.717, 1.165) is 32.0 Å². The molecule has 1 aliphatic heterocycles. The first-order valence-corrected chi connectivity index (χ1v) is 5.83. The molecule has 0 spiro atoms. The third-order valence-corrected chi connectivity index (χ3v) is 2.99. The van der Waals surface area contributed by atoms with Crippen LogP contribution >= 0.6 is 11.6 Å². The first-order valence-electron chi connectivity index (χ1n) is 5.46. The van der Waals surface area contributed by atoms with E-state index in [2.05, 4.69) is 9.88 Å². The Hall–Kier alpha value is -1.33. The van der Waals surface area contributed by atoms with Crippen LogP contribution < -0.4 is 4.90 Å². The summed E-state index contributed by atoms with van der Waals surface area (Å²) in [6, 6.07) is 3.70. The van der Waals surface area contributed by atoms with Gasteiger partial charge in [-0.1, -0.05) is 11.6 Å². The molecule has 0 saturated carbocycles. The highest BCUT2D eigenvalue weighted by molar-refractivity contribution is 6.30. The van der Waals surface area contributed by atoms with E-state index in [1.54, 1.807) is 6.20 Å². The Morgan fingerprint density at radius 3 is 2.59 bits per heavy atom. The highest BCUT2D eigenvalue weighted by atomic mass is 35.5. The fraction of sp³-hybridized carbons (Fsp3) is 0.455. The first kappa shape index (κ1) is 12.1. The summed E-state index contributed by atoms with van der Waals surface area (Å²) in [7, 11) is 0. The summed E-state index contributed by atoms with van der Waals surface area (Å²) < 4.78 is 0. The van der Waals surface area contributed by atoms with Crippen molar-refractivity contribution in [2.75, 3.05) is 37.6 Å². The van der Waals surface area contributed by atoms with E-state index in [0.29, 0.717) is 5.02 Å². The Labute approximate surface area is 105 Å². The second kappa shape index (κ2) is 5.33. The fourth-order valence-electron chi connectivity index (χ4n) is 1.88. The van der Waals surface area contributed by atoms with Crippen molar-refractivity contribution in [3.63, 3.8) is 0 Å². The monoisotopic (exact) mass is 255 g/mol. The highest BCUT2D eigenvalue weighted by Crippen LogP contribution is 2.15. The molecule has 0 amide bonds. The van der Waals surface area contributed by atoms with Gasteiger partial charge in [-0.2, -0.15) is 0 Å². The van der Waals surface area contributed by atoms with Crippen LogP contribution in [0.4, 0.5) is 5.82 Å². The van der Waals surface area contributed by atoms with E-state index in [1.165, 1.54) is 0 Å². The molecule has 17 heavy (non-hydrogen) atoms. The second-order valence-corrected chi connectivity index (χ2v) is 4.43. The molecule has 0 aromatic carbocycles. The number of carboxylic acid groups (broad SMARTS) is 1. The number of nitrogens with zero attached hydrogens (tertiary/aromatic N) is 3. The summed E-state index contributed by atoms with van der Waals surface area (Å²) >= 11 is 5.78. The Balaban J connectivity index is 1.90. The van der Waals surface area contributed by atoms with Crippen LogP contribution in [0.25, 0.3) is 0 Å². The largest absolute Gasteiger partial charge is 0.480 e. The van der Waals surface area contributed by atoms with Crippen LogP contribution in [0, 0.1) is 0 Å². The lowest BCUT2D eigenvalue weighted by atomic mass is 10.3. The van der Waals surface area contributed by atoms with Gasteiger partial charge in [0.25, 0.3) is 0 Å². The zero-order valence-corrected chi connectivity index (χ0v) is 10.1. The molecule has 92 valence electrons. The zero-order valence-electron chi connectivity index (χ0n) is 9.34. The van der Waals surface area contributed by atoms with Gasteiger partial charge in [-0.25, -0.2) is 4.98 Å². The maximum absolute atomic E-state index is 10.6. The van der Waals surface area contributed by atoms with Crippen molar-refractivity contribution in [1.82, 2.24) is 9.88 Å². The zero-order chi connectivity index (χ0) is 12.3. The molecule has 5 nitrogen and oxygen atoms in total. The molecule has 1 aliphatic rings. The van der Waals surface area contributed by atoms with Gasteiger partial charge in [-0.05, 0) is 12.1 Å². The van der Waals surface area contributed by atoms with Crippen molar-refractivity contribution < 1.29 is 9.90 Å². The lowest BCUT2D eigenvalue weighted by molar-refractivity contribution is -0.138. The average Bonchev–Trinajstić information content (AvgIpc) is 2.30. The number of carbonyl (C=O) groups is 1. The quantitative estimate of drug-likeness (QED) is 0.871. The Morgan fingerprint density at radius 1 is 1.35 bits per heavy atom. The number of carboxylic acids is 1. The number of halogens is 1. The minimum Gasteiger partial charge on any atom is -0.480 e. The van der Waals surface area contributed by atoms with Crippen molar-refractivity contribution >= 4 is 23.4 Å². The minimum atomic E-state index is -0.775. The lowest BCUT2D eigenvalue weighted by Gasteiger charge is -2.34. The molecule has 2 rings (SSSR count). The number of aliphatic carboxylic acids is 1. The Kier molecular flexibility index (Phi) is 3.81. The third-order valence-electron chi connectivity index (χ3n) is 2.77. The van der Waals surface area contributed by atoms with Crippen molar-refractivity contribution in [1.29, 1.82) is 0 Å². The topological polar surface area (TPSA) is 56.7 Å². The number of pyridine rings is 1. The molecule has 0 bridgehead atoms. The Morgan fingerprint density at radius 2 is 2.06 bits per heavy atom. The molecule has 2 heterocycles. The van der Waals surface area contributed by atoms with Gasteiger partial charge < -0.3 is 10.0 Å². The highest BCUT2D eigenvalue weighted by Gasteiger charge is 2.19. The number of hydrogen-bond acceptors (Lipinski definition) is 4. The molecule has 0 unspecified atom stereocenters. The standard InChI is InChI=1S/C11H14ClN3O2/c12-9-1-2-10(13-7-9)15-5-3-14(4-6-15)8-11(16)17/h1-2,7H,3-6,8H2,(H,16,17). The van der Waals surface area contributed by atoms with Gasteiger partial charge in [-0.3, -0.25) is 9.69 Å². The lowest BCUT2D eigenvalue weighted by Crippen LogP contribution is -2.48. The van der Waals surface area contributed by atoms with Crippen LogP contribution in [-0.4, -0.2) is 53.7 Å². The summed E-state index contributed by atoms with van der Waals surface area (Å²) in [5, 5.41) is 9.32. The number of aromatic nitrogens is 1. The predicted molar refractivity (Wildman–Crippen MR) is 65.5 cm³/mol. The van der Waals surface area contributed by atoms with Crippen molar-refractivity contribution in [2.45, 2.75) is 0 Å². The van der Waals surface area contributed by atoms with E-state index in [1.807, 2.05) is 17.0 Å². The van der Waals surface area contributed by atoms with E-state index in [9.17, 15) is 4.79 Å². The van der Waals surface area contributed by atoms with Crippen LogP contribution in [0.2, 0.25) is 5.02 Å². The van der Waals surface area contributed by atoms with Gasteiger partial charge in [0.1, 0.15) is 5.82 Å². The van der Waals surface area contributed by atoms with E-state index < -0.39 is 5.97 Å². The van der Waals surface area contributed by atoms with E-state index >= 15 is 0 Å². The van der Waals surface area contributed by atoms with Crippen LogP contribution in [0.1, 0.15) is 0 Å². The molecular formula is C11H14ClN3O2. The molecular weight excluding hydrogens is 242 g/mol. The van der Waals surface area contributed by atoms with E-state index in [-0.39, 0.29) is 6.54 Å². The molecule has 1 N–H and O–H groups in total. The summed E-state index contributed by atoms with van der Waals surface area (Å²) in [5.41, 5.74) is 0. The van der Waals surface area contributed by atoms with Crippen LogP contribution in [0.3, 0.4) is 0 Å². The number of rotatable bonds is 3. The van der Waals surface area contributed by atoms with Crippen molar-refractivity contribution in [2.24, 2.45) is 0 Å². The average molecular weight is 256 g/mol. The first-order chi connectivity index (χ1) is 8.15. The maximum Gasteiger partial charge on any atom is 0.317 e. The third kappa shape index (κ3) is 3.31. The van der Waals surface area contributed by atoms with Gasteiger partial charge in [0.15, 0.2) is 0 Å². The normalized spacial score (nSPS) is 17.1. The molecule has 0 atom stereocenters. The molecule has 1 fully saturated rings. The number of anilines is 1. The summed E-state index contributed by atoms with van der Waals surface area (Å²) in [4.78, 5) is 18.9. The van der Waals surface area contributed by atoms with Crippen molar-refractivity contribution in [3.8, 4) is 0 Å². The van der Waals surface area contributed by atoms with Gasteiger partial charge in [0, 0.05) is 32.4 Å². The molecule has 1 aromatic heterocycles. The van der Waals surface area contributed by atoms with Crippen LogP contribution in [-0.2, 0) is 4.79 Å². The summed E-state index contributed by atoms with van der Waals surface area (Å²) in [5.74, 6) is 0.118. The predicted octanol–water partition coefficient (Wildman–Crippen LogP) is 0.942. The molecule has 6 heteroatoms. The number of hydrogen-bond donors (Lipinski definition) is 1. The molecule has 0 aliphatic carbocycles. The van der Waals surface area contributed by atoms with Gasteiger partial charge in [0.2, 0.25) is 0 Å². The van der Waals surface area contributed by atoms with Gasteiger partial charge in [0.05, 0.1) is 11.6 Å². The van der Waals surface area contributed by atoms with Crippen LogP contribution in [0.5, 0.6) is 0 Å². The molecule has 0 radical (unpaired) electrons.